The predicted molar refractivity (Wildman–Crippen MR) is 102 cm³/mol. The number of sulfonamides is 1. The number of nitrogens with zero attached hydrogens (tertiary/aromatic N) is 1. The zero-order chi connectivity index (χ0) is 17.7. The molecule has 0 atom stereocenters. The minimum atomic E-state index is -3.85. The van der Waals surface area contributed by atoms with Crippen LogP contribution in [0.25, 0.3) is 0 Å². The van der Waals surface area contributed by atoms with Crippen LogP contribution in [0, 0.1) is 0 Å². The lowest BCUT2D eigenvalue weighted by Crippen LogP contribution is -2.16. The van der Waals surface area contributed by atoms with E-state index in [0.29, 0.717) is 16.3 Å². The summed E-state index contributed by atoms with van der Waals surface area (Å²) in [7, 11) is -3.85. The molecular formula is C19H15ClN2O2S. The van der Waals surface area contributed by atoms with Crippen LogP contribution in [0.4, 0.5) is 5.69 Å². The van der Waals surface area contributed by atoms with Crippen LogP contribution in [-0.4, -0.2) is 14.3 Å². The molecule has 0 fully saturated rings. The molecule has 0 radical (unpaired) electrons. The molecule has 0 aliphatic carbocycles. The molecule has 4 nitrogen and oxygen atoms in total. The number of hydrogen-bond acceptors (Lipinski definition) is 2. The van der Waals surface area contributed by atoms with Gasteiger partial charge >= 0.3 is 0 Å². The van der Waals surface area contributed by atoms with Crippen LogP contribution >= 0.6 is 11.6 Å². The first kappa shape index (κ1) is 17.2. The highest BCUT2D eigenvalue weighted by atomic mass is 35.5. The van der Waals surface area contributed by atoms with Gasteiger partial charge in [0.05, 0.1) is 4.90 Å². The normalized spacial score (nSPS) is 12.0. The van der Waals surface area contributed by atoms with Crippen molar-refractivity contribution in [2.45, 2.75) is 4.90 Å². The number of anilines is 1. The minimum absolute atomic E-state index is 0.135. The molecule has 1 N–H and O–H groups in total. The first-order valence-corrected chi connectivity index (χ1v) is 9.34. The largest absolute Gasteiger partial charge is 0.339 e. The molecule has 0 spiro atoms. The van der Waals surface area contributed by atoms with Crippen molar-refractivity contribution in [2.75, 3.05) is 5.32 Å². The Bertz CT molecular complexity index is 988. The van der Waals surface area contributed by atoms with E-state index in [1.54, 1.807) is 54.6 Å². The molecule has 25 heavy (non-hydrogen) atoms. The van der Waals surface area contributed by atoms with Crippen LogP contribution in [-0.2, 0) is 10.0 Å². The van der Waals surface area contributed by atoms with Crippen LogP contribution in [0.5, 0.6) is 0 Å². The maximum Gasteiger partial charge on any atom is 0.284 e. The van der Waals surface area contributed by atoms with Gasteiger partial charge in [0.25, 0.3) is 10.0 Å². The number of rotatable bonds is 4. The first-order chi connectivity index (χ1) is 12.0. The van der Waals surface area contributed by atoms with E-state index in [2.05, 4.69) is 9.71 Å². The van der Waals surface area contributed by atoms with Crippen molar-refractivity contribution < 1.29 is 8.42 Å². The Kier molecular flexibility index (Phi) is 5.16. The molecule has 6 heteroatoms. The van der Waals surface area contributed by atoms with E-state index in [0.717, 1.165) is 0 Å². The standard InChI is InChI=1S/C19H15ClN2O2S/c20-16-10-7-11-17(14-16)21-19(15-8-3-1-4-9-15)22-25(23,24)18-12-5-2-6-13-18/h1-14H,(H,21,22). The smallest absolute Gasteiger partial charge is 0.284 e. The molecular weight excluding hydrogens is 356 g/mol. The van der Waals surface area contributed by atoms with E-state index >= 15 is 0 Å². The molecule has 0 bridgehead atoms. The Morgan fingerprint density at radius 3 is 2.12 bits per heavy atom. The lowest BCUT2D eigenvalue weighted by Gasteiger charge is -2.11. The molecule has 126 valence electrons. The summed E-state index contributed by atoms with van der Waals surface area (Å²) in [6.07, 6.45) is 0. The summed E-state index contributed by atoms with van der Waals surface area (Å²) < 4.78 is 29.2. The van der Waals surface area contributed by atoms with Crippen molar-refractivity contribution in [3.05, 3.63) is 95.5 Å². The number of nitrogens with one attached hydrogen (secondary N) is 1. The molecule has 3 rings (SSSR count). The van der Waals surface area contributed by atoms with Crippen molar-refractivity contribution in [1.29, 1.82) is 0 Å². The fourth-order valence-corrected chi connectivity index (χ4v) is 3.40. The fraction of sp³-hybridized carbons (Fsp3) is 0. The summed E-state index contributed by atoms with van der Waals surface area (Å²) in [5, 5.41) is 3.59. The Morgan fingerprint density at radius 1 is 0.840 bits per heavy atom. The van der Waals surface area contributed by atoms with Crippen molar-refractivity contribution in [3.63, 3.8) is 0 Å². The van der Waals surface area contributed by atoms with E-state index in [1.807, 2.05) is 18.2 Å². The number of amidine groups is 1. The lowest BCUT2D eigenvalue weighted by molar-refractivity contribution is 0.598. The maximum atomic E-state index is 12.6. The zero-order valence-electron chi connectivity index (χ0n) is 13.1. The molecule has 0 saturated carbocycles. The summed E-state index contributed by atoms with van der Waals surface area (Å²) in [6, 6.07) is 24.2. The second-order valence-electron chi connectivity index (χ2n) is 5.23. The summed E-state index contributed by atoms with van der Waals surface area (Å²) in [4.78, 5) is 0.135. The van der Waals surface area contributed by atoms with Crippen molar-refractivity contribution in [1.82, 2.24) is 0 Å². The van der Waals surface area contributed by atoms with E-state index in [1.165, 1.54) is 12.1 Å². The van der Waals surface area contributed by atoms with E-state index in [-0.39, 0.29) is 10.7 Å². The van der Waals surface area contributed by atoms with Gasteiger partial charge < -0.3 is 5.32 Å². The second-order valence-corrected chi connectivity index (χ2v) is 7.27. The third-order valence-electron chi connectivity index (χ3n) is 3.39. The Morgan fingerprint density at radius 2 is 1.48 bits per heavy atom. The summed E-state index contributed by atoms with van der Waals surface area (Å²) >= 11 is 6.01. The molecule has 0 amide bonds. The van der Waals surface area contributed by atoms with Gasteiger partial charge in [0.15, 0.2) is 5.84 Å². The summed E-state index contributed by atoms with van der Waals surface area (Å²) in [5.74, 6) is 0.228. The SMILES string of the molecule is O=S(=O)(/N=C(\Nc1cccc(Cl)c1)c1ccccc1)c1ccccc1. The zero-order valence-corrected chi connectivity index (χ0v) is 14.7. The highest BCUT2D eigenvalue weighted by Gasteiger charge is 2.15. The van der Waals surface area contributed by atoms with Gasteiger partial charge in [-0.3, -0.25) is 0 Å². The average molecular weight is 371 g/mol. The van der Waals surface area contributed by atoms with E-state index in [9.17, 15) is 8.42 Å². The highest BCUT2D eigenvalue weighted by molar-refractivity contribution is 7.90. The first-order valence-electron chi connectivity index (χ1n) is 7.53. The van der Waals surface area contributed by atoms with Crippen LogP contribution in [0.15, 0.2) is 94.2 Å². The molecule has 0 saturated heterocycles. The van der Waals surface area contributed by atoms with Gasteiger partial charge in [-0.2, -0.15) is 8.42 Å². The Hall–Kier alpha value is -2.63. The molecule has 3 aromatic rings. The quantitative estimate of drug-likeness (QED) is 0.540. The van der Waals surface area contributed by atoms with Gasteiger partial charge in [-0.25, -0.2) is 0 Å². The monoisotopic (exact) mass is 370 g/mol. The van der Waals surface area contributed by atoms with Gasteiger partial charge in [-0.15, -0.1) is 4.40 Å². The summed E-state index contributed by atoms with van der Waals surface area (Å²) in [5.41, 5.74) is 1.31. The van der Waals surface area contributed by atoms with Crippen molar-refractivity contribution in [2.24, 2.45) is 4.40 Å². The van der Waals surface area contributed by atoms with Crippen LogP contribution < -0.4 is 5.32 Å². The van der Waals surface area contributed by atoms with Gasteiger partial charge in [0, 0.05) is 16.3 Å². The topological polar surface area (TPSA) is 58.5 Å². The maximum absolute atomic E-state index is 12.6. The highest BCUT2D eigenvalue weighted by Crippen LogP contribution is 2.18. The average Bonchev–Trinajstić information content (AvgIpc) is 2.63. The van der Waals surface area contributed by atoms with E-state index in [4.69, 9.17) is 11.6 Å². The van der Waals surface area contributed by atoms with Gasteiger partial charge in [-0.05, 0) is 30.3 Å². The molecule has 0 heterocycles. The molecule has 3 aromatic carbocycles. The van der Waals surface area contributed by atoms with Gasteiger partial charge in [0.2, 0.25) is 0 Å². The molecule has 0 aliphatic rings. The lowest BCUT2D eigenvalue weighted by atomic mass is 10.2. The van der Waals surface area contributed by atoms with Crippen molar-refractivity contribution >= 4 is 33.1 Å². The minimum Gasteiger partial charge on any atom is -0.339 e. The Labute approximate surface area is 151 Å². The third kappa shape index (κ3) is 4.47. The molecule has 0 aliphatic heterocycles. The number of halogens is 1. The van der Waals surface area contributed by atoms with Crippen molar-refractivity contribution in [3.8, 4) is 0 Å². The fourth-order valence-electron chi connectivity index (χ4n) is 2.21. The van der Waals surface area contributed by atoms with E-state index < -0.39 is 10.0 Å². The second kappa shape index (κ2) is 7.51. The van der Waals surface area contributed by atoms with Crippen LogP contribution in [0.3, 0.4) is 0 Å². The number of hydrogen-bond donors (Lipinski definition) is 1. The molecule has 0 aromatic heterocycles. The third-order valence-corrected chi connectivity index (χ3v) is 4.91. The number of benzene rings is 3. The van der Waals surface area contributed by atoms with Crippen LogP contribution in [0.1, 0.15) is 5.56 Å². The van der Waals surface area contributed by atoms with Gasteiger partial charge in [-0.1, -0.05) is 66.2 Å². The summed E-state index contributed by atoms with van der Waals surface area (Å²) in [6.45, 7) is 0. The molecule has 0 unspecified atom stereocenters. The van der Waals surface area contributed by atoms with Gasteiger partial charge in [0.1, 0.15) is 0 Å². The van der Waals surface area contributed by atoms with Crippen LogP contribution in [0.2, 0.25) is 5.02 Å². The predicted octanol–water partition coefficient (Wildman–Crippen LogP) is 4.59. The Balaban J connectivity index is 2.05.